The maximum Gasteiger partial charge on any atom is 0.338 e. The lowest BCUT2D eigenvalue weighted by molar-refractivity contribution is 0.0603. The minimum atomic E-state index is -3.83. The number of carbonyl (C=O) groups is 1. The number of nitrogens with zero attached hydrogens (tertiary/aromatic N) is 1. The molecule has 1 aliphatic rings. The molecular weight excluding hydrogens is 412 g/mol. The first-order chi connectivity index (χ1) is 14.9. The van der Waals surface area contributed by atoms with E-state index >= 15 is 0 Å². The number of rotatable bonds is 5. The fourth-order valence-corrected chi connectivity index (χ4v) is 5.25. The Labute approximate surface area is 180 Å². The number of aryl methyl sites for hydroxylation is 1. The lowest BCUT2D eigenvalue weighted by Gasteiger charge is -2.13. The summed E-state index contributed by atoms with van der Waals surface area (Å²) in [4.78, 5) is 12.3. The third-order valence-electron chi connectivity index (χ3n) is 5.93. The predicted octanol–water partition coefficient (Wildman–Crippen LogP) is 4.80. The Morgan fingerprint density at radius 3 is 2.48 bits per heavy atom. The lowest BCUT2D eigenvalue weighted by atomic mass is 10.0. The highest BCUT2D eigenvalue weighted by molar-refractivity contribution is 7.92. The highest BCUT2D eigenvalue weighted by atomic mass is 32.2. The molecule has 1 aromatic heterocycles. The van der Waals surface area contributed by atoms with Crippen LogP contribution >= 0.6 is 0 Å². The van der Waals surface area contributed by atoms with E-state index in [1.54, 1.807) is 48.5 Å². The summed E-state index contributed by atoms with van der Waals surface area (Å²) in [5, 5.41) is 2.29. The summed E-state index contributed by atoms with van der Waals surface area (Å²) in [6.45, 7) is 0. The van der Waals surface area contributed by atoms with Crippen molar-refractivity contribution in [3.05, 3.63) is 71.9 Å². The molecule has 0 spiro atoms. The van der Waals surface area contributed by atoms with Crippen LogP contribution in [0.1, 0.15) is 34.8 Å². The third kappa shape index (κ3) is 3.35. The van der Waals surface area contributed by atoms with Crippen LogP contribution < -0.4 is 4.72 Å². The molecule has 0 atom stereocenters. The van der Waals surface area contributed by atoms with E-state index < -0.39 is 16.0 Å². The molecule has 1 fully saturated rings. The third-order valence-corrected chi connectivity index (χ3v) is 7.30. The second kappa shape index (κ2) is 7.13. The predicted molar refractivity (Wildman–Crippen MR) is 121 cm³/mol. The smallest absolute Gasteiger partial charge is 0.338 e. The zero-order chi connectivity index (χ0) is 21.8. The molecule has 1 aliphatic carbocycles. The van der Waals surface area contributed by atoms with Crippen LogP contribution in [0.4, 0.5) is 5.69 Å². The number of anilines is 1. The maximum atomic E-state index is 13.2. The minimum absolute atomic E-state index is 0.199. The Hall–Kier alpha value is -3.32. The highest BCUT2D eigenvalue weighted by Crippen LogP contribution is 2.42. The molecule has 1 heterocycles. The fourth-order valence-electron chi connectivity index (χ4n) is 4.15. The molecule has 1 N–H and O–H groups in total. The molecule has 0 bridgehead atoms. The normalized spacial score (nSPS) is 14.1. The number of ether oxygens (including phenoxy) is 1. The number of esters is 1. The van der Waals surface area contributed by atoms with Gasteiger partial charge in [-0.05, 0) is 59.9 Å². The van der Waals surface area contributed by atoms with E-state index in [2.05, 4.69) is 15.4 Å². The highest BCUT2D eigenvalue weighted by Gasteiger charge is 2.27. The summed E-state index contributed by atoms with van der Waals surface area (Å²) < 4.78 is 36.1. The molecule has 5 rings (SSSR count). The van der Waals surface area contributed by atoms with Crippen molar-refractivity contribution < 1.29 is 17.9 Å². The molecule has 31 heavy (non-hydrogen) atoms. The number of methoxy groups -OCH3 is 1. The van der Waals surface area contributed by atoms with Crippen molar-refractivity contribution in [3.8, 4) is 0 Å². The van der Waals surface area contributed by atoms with Gasteiger partial charge in [-0.2, -0.15) is 0 Å². The van der Waals surface area contributed by atoms with Crippen LogP contribution in [0.5, 0.6) is 0 Å². The van der Waals surface area contributed by atoms with Crippen molar-refractivity contribution in [2.75, 3.05) is 11.8 Å². The monoisotopic (exact) mass is 434 g/mol. The van der Waals surface area contributed by atoms with E-state index in [1.807, 2.05) is 13.1 Å². The maximum absolute atomic E-state index is 13.2. The van der Waals surface area contributed by atoms with Gasteiger partial charge in [0.1, 0.15) is 0 Å². The van der Waals surface area contributed by atoms with Gasteiger partial charge in [0.15, 0.2) is 0 Å². The van der Waals surface area contributed by atoms with E-state index in [0.717, 1.165) is 10.9 Å². The number of carbonyl (C=O) groups excluding carboxylic acids is 1. The van der Waals surface area contributed by atoms with Crippen LogP contribution in [0.2, 0.25) is 0 Å². The summed E-state index contributed by atoms with van der Waals surface area (Å²) in [5.41, 5.74) is 2.95. The Morgan fingerprint density at radius 2 is 1.77 bits per heavy atom. The SMILES string of the molecule is COC(=O)c1ccc(NS(=O)(=O)c2ccc3cc(C4CC4)n(C)c3c2)c2ccccc12. The molecule has 4 aromatic rings. The lowest BCUT2D eigenvalue weighted by Crippen LogP contribution is -2.14. The number of aromatic nitrogens is 1. The van der Waals surface area contributed by atoms with Crippen molar-refractivity contribution in [2.45, 2.75) is 23.7 Å². The first kappa shape index (κ1) is 19.6. The zero-order valence-electron chi connectivity index (χ0n) is 17.3. The Bertz CT molecular complexity index is 1450. The molecule has 6 nitrogen and oxygen atoms in total. The second-order valence-electron chi connectivity index (χ2n) is 7.93. The number of fused-ring (bicyclic) bond motifs is 2. The minimum Gasteiger partial charge on any atom is -0.465 e. The van der Waals surface area contributed by atoms with Gasteiger partial charge >= 0.3 is 5.97 Å². The van der Waals surface area contributed by atoms with Crippen molar-refractivity contribution in [1.82, 2.24) is 4.57 Å². The van der Waals surface area contributed by atoms with Gasteiger partial charge in [-0.1, -0.05) is 30.3 Å². The zero-order valence-corrected chi connectivity index (χ0v) is 18.1. The van der Waals surface area contributed by atoms with Crippen LogP contribution in [0, 0.1) is 0 Å². The van der Waals surface area contributed by atoms with Gasteiger partial charge in [-0.15, -0.1) is 0 Å². The van der Waals surface area contributed by atoms with Gasteiger partial charge in [-0.3, -0.25) is 4.72 Å². The van der Waals surface area contributed by atoms with Gasteiger partial charge in [-0.25, -0.2) is 13.2 Å². The van der Waals surface area contributed by atoms with Crippen LogP contribution in [0.3, 0.4) is 0 Å². The van der Waals surface area contributed by atoms with Gasteiger partial charge in [0.2, 0.25) is 0 Å². The van der Waals surface area contributed by atoms with E-state index in [1.165, 1.54) is 25.6 Å². The molecule has 3 aromatic carbocycles. The van der Waals surface area contributed by atoms with E-state index in [0.29, 0.717) is 27.9 Å². The van der Waals surface area contributed by atoms with Crippen molar-refractivity contribution in [2.24, 2.45) is 7.05 Å². The molecule has 0 radical (unpaired) electrons. The Morgan fingerprint density at radius 1 is 1.03 bits per heavy atom. The van der Waals surface area contributed by atoms with Crippen molar-refractivity contribution in [3.63, 3.8) is 0 Å². The molecule has 158 valence electrons. The van der Waals surface area contributed by atoms with E-state index in [9.17, 15) is 13.2 Å². The standard InChI is InChI=1S/C24H22N2O4S/c1-26-22(15-7-8-15)13-16-9-10-17(14-23(16)26)31(28,29)25-21-12-11-20(24(27)30-2)18-5-3-4-6-19(18)21/h3-6,9-15,25H,7-8H2,1-2H3. The van der Waals surface area contributed by atoms with Crippen LogP contribution in [-0.2, 0) is 21.8 Å². The Kier molecular flexibility index (Phi) is 4.51. The van der Waals surface area contributed by atoms with Gasteiger partial charge in [0, 0.05) is 23.6 Å². The van der Waals surface area contributed by atoms with Crippen LogP contribution in [0.25, 0.3) is 21.7 Å². The largest absolute Gasteiger partial charge is 0.465 e. The molecular formula is C24H22N2O4S. The van der Waals surface area contributed by atoms with Crippen LogP contribution in [-0.4, -0.2) is 26.1 Å². The summed E-state index contributed by atoms with van der Waals surface area (Å²) in [7, 11) is -0.520. The summed E-state index contributed by atoms with van der Waals surface area (Å²) in [6.07, 6.45) is 2.37. The van der Waals surface area contributed by atoms with Gasteiger partial charge in [0.05, 0.1) is 23.3 Å². The number of hydrogen-bond acceptors (Lipinski definition) is 4. The average molecular weight is 435 g/mol. The van der Waals surface area contributed by atoms with E-state index in [-0.39, 0.29) is 4.90 Å². The van der Waals surface area contributed by atoms with Gasteiger partial charge < -0.3 is 9.30 Å². The molecule has 0 saturated heterocycles. The summed E-state index contributed by atoms with van der Waals surface area (Å²) in [6, 6.07) is 17.7. The van der Waals surface area contributed by atoms with Gasteiger partial charge in [0.25, 0.3) is 10.0 Å². The average Bonchev–Trinajstić information content (AvgIpc) is 3.57. The van der Waals surface area contributed by atoms with Crippen molar-refractivity contribution in [1.29, 1.82) is 0 Å². The summed E-state index contributed by atoms with van der Waals surface area (Å²) >= 11 is 0. The Balaban J connectivity index is 1.56. The number of sulfonamides is 1. The van der Waals surface area contributed by atoms with Crippen molar-refractivity contribution >= 4 is 43.4 Å². The first-order valence-electron chi connectivity index (χ1n) is 10.1. The fraction of sp³-hybridized carbons (Fsp3) is 0.208. The topological polar surface area (TPSA) is 77.4 Å². The second-order valence-corrected chi connectivity index (χ2v) is 9.61. The molecule has 0 aliphatic heterocycles. The van der Waals surface area contributed by atoms with E-state index in [4.69, 9.17) is 4.74 Å². The quantitative estimate of drug-likeness (QED) is 0.458. The summed E-state index contributed by atoms with van der Waals surface area (Å²) in [5.74, 6) is 0.113. The molecule has 7 heteroatoms. The molecule has 0 unspecified atom stereocenters. The number of hydrogen-bond donors (Lipinski definition) is 1. The first-order valence-corrected chi connectivity index (χ1v) is 11.6. The number of nitrogens with one attached hydrogen (secondary N) is 1. The van der Waals surface area contributed by atoms with Crippen LogP contribution in [0.15, 0.2) is 65.6 Å². The molecule has 1 saturated carbocycles. The number of benzene rings is 3. The molecule has 0 amide bonds.